The van der Waals surface area contributed by atoms with Crippen molar-refractivity contribution in [3.8, 4) is 35.3 Å². The molecule has 0 aliphatic heterocycles. The van der Waals surface area contributed by atoms with Crippen LogP contribution >= 0.6 is 11.3 Å². The van der Waals surface area contributed by atoms with Gasteiger partial charge in [-0.25, -0.2) is 4.98 Å². The van der Waals surface area contributed by atoms with Crippen LogP contribution in [0.2, 0.25) is 0 Å². The fourth-order valence-electron chi connectivity index (χ4n) is 3.12. The van der Waals surface area contributed by atoms with Gasteiger partial charge in [0, 0.05) is 23.2 Å². The molecule has 0 bridgehead atoms. The molecule has 1 N–H and O–H groups in total. The number of rotatable bonds is 6. The molecule has 176 valence electrons. The quantitative estimate of drug-likeness (QED) is 0.345. The standard InChI is InChI=1S/C23H14F3N5O3S/c1-32-16-7-13(10-28)8-17(33-2)19(16)34-21-20-18(15(11-35-20)23(24,25)26)30-22(31-21)29-14-5-3-12(9-27)4-6-14/h3-8,11H,1-2H3,(H,29,30,31). The third kappa shape index (κ3) is 4.74. The third-order valence-electron chi connectivity index (χ3n) is 4.75. The zero-order chi connectivity index (χ0) is 25.2. The van der Waals surface area contributed by atoms with Crippen molar-refractivity contribution in [1.29, 1.82) is 10.5 Å². The summed E-state index contributed by atoms with van der Waals surface area (Å²) in [6.07, 6.45) is -4.65. The Kier molecular flexibility index (Phi) is 6.32. The summed E-state index contributed by atoms with van der Waals surface area (Å²) in [6.45, 7) is 0. The van der Waals surface area contributed by atoms with Gasteiger partial charge in [-0.15, -0.1) is 11.3 Å². The van der Waals surface area contributed by atoms with Crippen molar-refractivity contribution in [3.05, 3.63) is 58.5 Å². The lowest BCUT2D eigenvalue weighted by molar-refractivity contribution is -0.136. The number of alkyl halides is 3. The van der Waals surface area contributed by atoms with E-state index in [2.05, 4.69) is 15.3 Å². The van der Waals surface area contributed by atoms with E-state index >= 15 is 0 Å². The Morgan fingerprint density at radius 1 is 0.943 bits per heavy atom. The summed E-state index contributed by atoms with van der Waals surface area (Å²) in [4.78, 5) is 8.35. The van der Waals surface area contributed by atoms with Crippen LogP contribution in [-0.4, -0.2) is 24.2 Å². The second-order valence-corrected chi connectivity index (χ2v) is 7.79. The van der Waals surface area contributed by atoms with Gasteiger partial charge in [0.15, 0.2) is 11.5 Å². The van der Waals surface area contributed by atoms with Gasteiger partial charge in [-0.3, -0.25) is 0 Å². The van der Waals surface area contributed by atoms with E-state index in [9.17, 15) is 18.4 Å². The maximum Gasteiger partial charge on any atom is 0.419 e. The minimum atomic E-state index is -4.65. The zero-order valence-corrected chi connectivity index (χ0v) is 18.9. The molecular weight excluding hydrogens is 483 g/mol. The maximum absolute atomic E-state index is 13.7. The summed E-state index contributed by atoms with van der Waals surface area (Å²) < 4.78 is 57.6. The molecule has 0 saturated heterocycles. The first kappa shape index (κ1) is 23.6. The number of ether oxygens (including phenoxy) is 3. The summed E-state index contributed by atoms with van der Waals surface area (Å²) in [5, 5.41) is 22.0. The highest BCUT2D eigenvalue weighted by atomic mass is 32.1. The van der Waals surface area contributed by atoms with Gasteiger partial charge >= 0.3 is 6.18 Å². The first-order valence-electron chi connectivity index (χ1n) is 9.75. The summed E-state index contributed by atoms with van der Waals surface area (Å²) in [6, 6.07) is 13.0. The molecule has 0 atom stereocenters. The van der Waals surface area contributed by atoms with Crippen molar-refractivity contribution in [1.82, 2.24) is 9.97 Å². The number of nitrogens with zero attached hydrogens (tertiary/aromatic N) is 4. The van der Waals surface area contributed by atoms with E-state index < -0.39 is 11.7 Å². The lowest BCUT2D eigenvalue weighted by Gasteiger charge is -2.15. The molecule has 4 rings (SSSR count). The molecule has 35 heavy (non-hydrogen) atoms. The van der Waals surface area contributed by atoms with Crippen LogP contribution in [0, 0.1) is 22.7 Å². The molecule has 4 aromatic rings. The SMILES string of the molecule is COc1cc(C#N)cc(OC)c1Oc1nc(Nc2ccc(C#N)cc2)nc2c(C(F)(F)F)csc12. The van der Waals surface area contributed by atoms with E-state index in [0.29, 0.717) is 11.3 Å². The van der Waals surface area contributed by atoms with E-state index in [1.54, 1.807) is 12.1 Å². The lowest BCUT2D eigenvalue weighted by atomic mass is 10.2. The smallest absolute Gasteiger partial charge is 0.419 e. The van der Waals surface area contributed by atoms with Gasteiger partial charge in [-0.2, -0.15) is 28.7 Å². The highest BCUT2D eigenvalue weighted by Gasteiger charge is 2.36. The van der Waals surface area contributed by atoms with Gasteiger partial charge in [0.05, 0.1) is 43.0 Å². The Hall–Kier alpha value is -4.55. The van der Waals surface area contributed by atoms with Crippen LogP contribution in [-0.2, 0) is 6.18 Å². The molecule has 2 aromatic carbocycles. The lowest BCUT2D eigenvalue weighted by Crippen LogP contribution is -2.06. The first-order valence-corrected chi connectivity index (χ1v) is 10.6. The maximum atomic E-state index is 13.7. The highest BCUT2D eigenvalue weighted by Crippen LogP contribution is 2.45. The number of thiophene rings is 1. The number of nitrogens with one attached hydrogen (secondary N) is 1. The van der Waals surface area contributed by atoms with Gasteiger partial charge in [-0.1, -0.05) is 0 Å². The van der Waals surface area contributed by atoms with Crippen molar-refractivity contribution < 1.29 is 27.4 Å². The molecule has 0 spiro atoms. The van der Waals surface area contributed by atoms with E-state index in [4.69, 9.17) is 19.5 Å². The molecule has 0 amide bonds. The predicted octanol–water partition coefficient (Wildman–Crippen LogP) is 6.01. The first-order chi connectivity index (χ1) is 16.8. The van der Waals surface area contributed by atoms with Crippen molar-refractivity contribution in [2.45, 2.75) is 6.18 Å². The Morgan fingerprint density at radius 2 is 1.57 bits per heavy atom. The number of anilines is 2. The fourth-order valence-corrected chi connectivity index (χ4v) is 4.05. The molecule has 0 aliphatic rings. The number of hydrogen-bond acceptors (Lipinski definition) is 9. The number of fused-ring (bicyclic) bond motifs is 1. The van der Waals surface area contributed by atoms with Crippen LogP contribution in [0.25, 0.3) is 10.2 Å². The van der Waals surface area contributed by atoms with Gasteiger partial charge in [0.2, 0.25) is 17.6 Å². The topological polar surface area (TPSA) is 113 Å². The average molecular weight is 497 g/mol. The summed E-state index contributed by atoms with van der Waals surface area (Å²) >= 11 is 0.773. The van der Waals surface area contributed by atoms with E-state index in [-0.39, 0.29) is 44.9 Å². The second kappa shape index (κ2) is 9.37. The molecule has 8 nitrogen and oxygen atoms in total. The van der Waals surface area contributed by atoms with Crippen molar-refractivity contribution in [2.24, 2.45) is 0 Å². The minimum absolute atomic E-state index is 0.0280. The number of methoxy groups -OCH3 is 2. The molecule has 0 aliphatic carbocycles. The van der Waals surface area contributed by atoms with Gasteiger partial charge in [0.1, 0.15) is 10.2 Å². The van der Waals surface area contributed by atoms with E-state index in [1.165, 1.54) is 38.5 Å². The normalized spacial score (nSPS) is 10.9. The zero-order valence-electron chi connectivity index (χ0n) is 18.1. The van der Waals surface area contributed by atoms with Crippen molar-refractivity contribution in [2.75, 3.05) is 19.5 Å². The van der Waals surface area contributed by atoms with Crippen LogP contribution < -0.4 is 19.5 Å². The number of halogens is 3. The molecule has 12 heteroatoms. The Bertz CT molecular complexity index is 1460. The molecule has 0 unspecified atom stereocenters. The Balaban J connectivity index is 1.86. The van der Waals surface area contributed by atoms with Gasteiger partial charge in [0.25, 0.3) is 0 Å². The Morgan fingerprint density at radius 3 is 2.11 bits per heavy atom. The van der Waals surface area contributed by atoms with Crippen molar-refractivity contribution >= 4 is 33.2 Å². The number of aromatic nitrogens is 2. The van der Waals surface area contributed by atoms with Crippen molar-refractivity contribution in [3.63, 3.8) is 0 Å². The molecular formula is C23H14F3N5O3S. The van der Waals surface area contributed by atoms with Crippen LogP contribution in [0.4, 0.5) is 24.8 Å². The fraction of sp³-hybridized carbons (Fsp3) is 0.130. The summed E-state index contributed by atoms with van der Waals surface area (Å²) in [7, 11) is 2.70. The summed E-state index contributed by atoms with van der Waals surface area (Å²) in [5.41, 5.74) is -0.195. The second-order valence-electron chi connectivity index (χ2n) is 6.92. The van der Waals surface area contributed by atoms with Gasteiger partial charge in [-0.05, 0) is 24.3 Å². The molecule has 2 heterocycles. The number of benzene rings is 2. The third-order valence-corrected chi connectivity index (χ3v) is 5.71. The minimum Gasteiger partial charge on any atom is -0.493 e. The van der Waals surface area contributed by atoms with Gasteiger partial charge < -0.3 is 19.5 Å². The summed E-state index contributed by atoms with van der Waals surface area (Å²) in [5.74, 6) is -0.0512. The van der Waals surface area contributed by atoms with Crippen LogP contribution in [0.15, 0.2) is 41.8 Å². The Labute approximate surface area is 200 Å². The van der Waals surface area contributed by atoms with Crippen LogP contribution in [0.3, 0.4) is 0 Å². The predicted molar refractivity (Wildman–Crippen MR) is 121 cm³/mol. The van der Waals surface area contributed by atoms with Crippen LogP contribution in [0.1, 0.15) is 16.7 Å². The average Bonchev–Trinajstić information content (AvgIpc) is 3.29. The largest absolute Gasteiger partial charge is 0.493 e. The van der Waals surface area contributed by atoms with Crippen LogP contribution in [0.5, 0.6) is 23.1 Å². The van der Waals surface area contributed by atoms with E-state index in [1.807, 2.05) is 12.1 Å². The monoisotopic (exact) mass is 497 g/mol. The molecule has 0 radical (unpaired) electrons. The highest BCUT2D eigenvalue weighted by molar-refractivity contribution is 7.17. The molecule has 2 aromatic heterocycles. The molecule has 0 fully saturated rings. The van der Waals surface area contributed by atoms with E-state index in [0.717, 1.165) is 16.7 Å². The number of nitriles is 2. The number of hydrogen-bond donors (Lipinski definition) is 1. The molecule has 0 saturated carbocycles.